The van der Waals surface area contributed by atoms with Gasteiger partial charge in [0.05, 0.1) is 6.10 Å². The summed E-state index contributed by atoms with van der Waals surface area (Å²) in [6, 6.07) is 0. The van der Waals surface area contributed by atoms with E-state index in [1.807, 2.05) is 0 Å². The van der Waals surface area contributed by atoms with E-state index in [0.29, 0.717) is 13.1 Å². The lowest BCUT2D eigenvalue weighted by Crippen LogP contribution is -2.42. The molecule has 0 aliphatic rings. The molecule has 0 aliphatic carbocycles. The smallest absolute Gasteiger partial charge is 0.0786 e. The first-order valence-corrected chi connectivity index (χ1v) is 5.29. The molecule has 0 rings (SSSR count). The van der Waals surface area contributed by atoms with Crippen molar-refractivity contribution in [2.24, 2.45) is 16.6 Å². The molecule has 3 heteroatoms. The summed E-state index contributed by atoms with van der Waals surface area (Å²) < 4.78 is 0. The fraction of sp³-hybridized carbons (Fsp3) is 1.00. The van der Waals surface area contributed by atoms with E-state index < -0.39 is 6.10 Å². The highest BCUT2D eigenvalue weighted by Gasteiger charge is 2.32. The molecular weight excluding hydrogens is 176 g/mol. The molecule has 0 spiro atoms. The molecule has 0 aliphatic heterocycles. The number of nitrogens with two attached hydrogens (primary N) is 1. The van der Waals surface area contributed by atoms with Crippen LogP contribution in [-0.4, -0.2) is 30.8 Å². The maximum absolute atomic E-state index is 9.27. The number of hydrogen-bond acceptors (Lipinski definition) is 3. The summed E-state index contributed by atoms with van der Waals surface area (Å²) in [5.74, 6) is 0. The Morgan fingerprint density at radius 2 is 1.71 bits per heavy atom. The standard InChI is InChI=1S/C11H26N2O/c1-10(2,3)11(4,5)8-13-7-9(14)6-12/h9,13-14H,6-8,12H2,1-5H3. The molecule has 3 nitrogen and oxygen atoms in total. The van der Waals surface area contributed by atoms with Crippen LogP contribution < -0.4 is 11.1 Å². The zero-order valence-electron chi connectivity index (χ0n) is 10.2. The molecule has 0 aromatic carbocycles. The zero-order chi connectivity index (χ0) is 11.4. The van der Waals surface area contributed by atoms with E-state index in [1.54, 1.807) is 0 Å². The van der Waals surface area contributed by atoms with Gasteiger partial charge in [0.2, 0.25) is 0 Å². The van der Waals surface area contributed by atoms with Gasteiger partial charge in [-0.3, -0.25) is 0 Å². The summed E-state index contributed by atoms with van der Waals surface area (Å²) in [5, 5.41) is 12.5. The Bertz CT molecular complexity index is 161. The predicted molar refractivity (Wildman–Crippen MR) is 61.2 cm³/mol. The van der Waals surface area contributed by atoms with Crippen LogP contribution in [0.3, 0.4) is 0 Å². The van der Waals surface area contributed by atoms with Gasteiger partial charge in [0.15, 0.2) is 0 Å². The molecule has 0 saturated carbocycles. The molecule has 0 radical (unpaired) electrons. The number of nitrogens with one attached hydrogen (secondary N) is 1. The van der Waals surface area contributed by atoms with Crippen molar-refractivity contribution < 1.29 is 5.11 Å². The van der Waals surface area contributed by atoms with E-state index in [4.69, 9.17) is 5.73 Å². The van der Waals surface area contributed by atoms with Crippen molar-refractivity contribution in [2.45, 2.75) is 40.7 Å². The van der Waals surface area contributed by atoms with E-state index in [-0.39, 0.29) is 10.8 Å². The number of aliphatic hydroxyl groups excluding tert-OH is 1. The summed E-state index contributed by atoms with van der Waals surface area (Å²) in [6.45, 7) is 13.0. The van der Waals surface area contributed by atoms with E-state index >= 15 is 0 Å². The Labute approximate surface area is 88.1 Å². The molecule has 0 bridgehead atoms. The van der Waals surface area contributed by atoms with Gasteiger partial charge in [-0.15, -0.1) is 0 Å². The fourth-order valence-corrected chi connectivity index (χ4v) is 0.900. The van der Waals surface area contributed by atoms with Gasteiger partial charge in [-0.2, -0.15) is 0 Å². The van der Waals surface area contributed by atoms with E-state index in [1.165, 1.54) is 0 Å². The third-order valence-electron chi connectivity index (χ3n) is 3.25. The van der Waals surface area contributed by atoms with Crippen LogP contribution in [0.5, 0.6) is 0 Å². The monoisotopic (exact) mass is 202 g/mol. The normalized spacial score (nSPS) is 15.6. The van der Waals surface area contributed by atoms with Crippen molar-refractivity contribution in [3.63, 3.8) is 0 Å². The van der Waals surface area contributed by atoms with Crippen LogP contribution in [0.15, 0.2) is 0 Å². The van der Waals surface area contributed by atoms with Gasteiger partial charge in [0, 0.05) is 19.6 Å². The molecule has 0 aromatic heterocycles. The van der Waals surface area contributed by atoms with E-state index in [2.05, 4.69) is 39.9 Å². The van der Waals surface area contributed by atoms with Crippen LogP contribution in [0.4, 0.5) is 0 Å². The number of hydrogen-bond donors (Lipinski definition) is 3. The molecule has 1 unspecified atom stereocenters. The molecule has 86 valence electrons. The molecular formula is C11H26N2O. The van der Waals surface area contributed by atoms with Crippen LogP contribution in [-0.2, 0) is 0 Å². The first-order valence-electron chi connectivity index (χ1n) is 5.29. The van der Waals surface area contributed by atoms with Gasteiger partial charge in [0.25, 0.3) is 0 Å². The minimum Gasteiger partial charge on any atom is -0.390 e. The first-order chi connectivity index (χ1) is 6.20. The largest absolute Gasteiger partial charge is 0.390 e. The van der Waals surface area contributed by atoms with Gasteiger partial charge in [-0.25, -0.2) is 0 Å². The summed E-state index contributed by atoms with van der Waals surface area (Å²) >= 11 is 0. The lowest BCUT2D eigenvalue weighted by atomic mass is 9.69. The van der Waals surface area contributed by atoms with Crippen LogP contribution in [0.2, 0.25) is 0 Å². The number of rotatable bonds is 5. The fourth-order valence-electron chi connectivity index (χ4n) is 0.900. The topological polar surface area (TPSA) is 58.3 Å². The van der Waals surface area contributed by atoms with Crippen LogP contribution in [0, 0.1) is 10.8 Å². The maximum Gasteiger partial charge on any atom is 0.0786 e. The Hall–Kier alpha value is -0.120. The van der Waals surface area contributed by atoms with Crippen molar-refractivity contribution in [2.75, 3.05) is 19.6 Å². The van der Waals surface area contributed by atoms with Gasteiger partial charge < -0.3 is 16.2 Å². The Morgan fingerprint density at radius 3 is 2.07 bits per heavy atom. The average Bonchev–Trinajstić information content (AvgIpc) is 2.01. The van der Waals surface area contributed by atoms with Crippen molar-refractivity contribution in [3.8, 4) is 0 Å². The second-order valence-electron chi connectivity index (χ2n) is 5.65. The van der Waals surface area contributed by atoms with Gasteiger partial charge >= 0.3 is 0 Å². The molecule has 1 atom stereocenters. The molecule has 0 aromatic rings. The molecule has 0 saturated heterocycles. The quantitative estimate of drug-likeness (QED) is 0.622. The van der Waals surface area contributed by atoms with Crippen molar-refractivity contribution in [3.05, 3.63) is 0 Å². The van der Waals surface area contributed by atoms with E-state index in [9.17, 15) is 5.11 Å². The van der Waals surface area contributed by atoms with Gasteiger partial charge in [-0.05, 0) is 10.8 Å². The molecule has 0 heterocycles. The highest BCUT2D eigenvalue weighted by atomic mass is 16.3. The molecule has 0 amide bonds. The lowest BCUT2D eigenvalue weighted by Gasteiger charge is -2.39. The summed E-state index contributed by atoms with van der Waals surface area (Å²) in [4.78, 5) is 0. The SMILES string of the molecule is CC(C)(C)C(C)(C)CNCC(O)CN. The number of aliphatic hydroxyl groups is 1. The predicted octanol–water partition coefficient (Wildman–Crippen LogP) is 0.968. The van der Waals surface area contributed by atoms with Crippen LogP contribution >= 0.6 is 0 Å². The minimum absolute atomic E-state index is 0.210. The van der Waals surface area contributed by atoms with Crippen LogP contribution in [0.25, 0.3) is 0 Å². The Kier molecular flexibility index (Phi) is 5.06. The third-order valence-corrected chi connectivity index (χ3v) is 3.25. The van der Waals surface area contributed by atoms with Crippen molar-refractivity contribution in [1.29, 1.82) is 0 Å². The maximum atomic E-state index is 9.27. The van der Waals surface area contributed by atoms with Gasteiger partial charge in [-0.1, -0.05) is 34.6 Å². The molecule has 0 fully saturated rings. The second kappa shape index (κ2) is 5.10. The Balaban J connectivity index is 3.89. The zero-order valence-corrected chi connectivity index (χ0v) is 10.2. The molecule has 4 N–H and O–H groups in total. The highest BCUT2D eigenvalue weighted by Crippen LogP contribution is 2.36. The van der Waals surface area contributed by atoms with Crippen molar-refractivity contribution >= 4 is 0 Å². The second-order valence-corrected chi connectivity index (χ2v) is 5.65. The highest BCUT2D eigenvalue weighted by molar-refractivity contribution is 4.84. The summed E-state index contributed by atoms with van der Waals surface area (Å²) in [5.41, 5.74) is 5.78. The first kappa shape index (κ1) is 13.9. The van der Waals surface area contributed by atoms with Crippen LogP contribution in [0.1, 0.15) is 34.6 Å². The minimum atomic E-state index is -0.425. The van der Waals surface area contributed by atoms with Crippen molar-refractivity contribution in [1.82, 2.24) is 5.32 Å². The summed E-state index contributed by atoms with van der Waals surface area (Å²) in [7, 11) is 0. The lowest BCUT2D eigenvalue weighted by molar-refractivity contribution is 0.117. The summed E-state index contributed by atoms with van der Waals surface area (Å²) in [6.07, 6.45) is -0.425. The average molecular weight is 202 g/mol. The van der Waals surface area contributed by atoms with E-state index in [0.717, 1.165) is 6.54 Å². The Morgan fingerprint density at radius 1 is 1.21 bits per heavy atom. The third kappa shape index (κ3) is 4.40. The van der Waals surface area contributed by atoms with Gasteiger partial charge in [0.1, 0.15) is 0 Å². The molecule has 14 heavy (non-hydrogen) atoms.